The normalized spacial score (nSPS) is 14.4. The Balaban J connectivity index is 1.76. The van der Waals surface area contributed by atoms with Crippen LogP contribution in [0, 0.1) is 5.92 Å². The van der Waals surface area contributed by atoms with Crippen LogP contribution >= 0.6 is 0 Å². The van der Waals surface area contributed by atoms with Crippen molar-refractivity contribution in [2.75, 3.05) is 18.4 Å². The zero-order valence-electron chi connectivity index (χ0n) is 11.1. The van der Waals surface area contributed by atoms with Gasteiger partial charge < -0.3 is 15.7 Å². The molecule has 2 rings (SSSR count). The molecule has 0 atom stereocenters. The Bertz CT molecular complexity index is 504. The lowest BCUT2D eigenvalue weighted by molar-refractivity contribution is -0.131. The van der Waals surface area contributed by atoms with Crippen molar-refractivity contribution in [1.29, 1.82) is 0 Å². The van der Waals surface area contributed by atoms with Gasteiger partial charge >= 0.3 is 5.97 Å². The molecule has 5 nitrogen and oxygen atoms in total. The molecule has 0 aliphatic heterocycles. The van der Waals surface area contributed by atoms with E-state index < -0.39 is 5.97 Å². The Morgan fingerprint density at radius 1 is 1.25 bits per heavy atom. The summed E-state index contributed by atoms with van der Waals surface area (Å²) >= 11 is 0. The molecular weight excluding hydrogens is 256 g/mol. The highest BCUT2D eigenvalue weighted by Crippen LogP contribution is 2.27. The lowest BCUT2D eigenvalue weighted by atomic mass is 10.2. The molecule has 1 aliphatic rings. The Morgan fingerprint density at radius 2 is 1.95 bits per heavy atom. The lowest BCUT2D eigenvalue weighted by Gasteiger charge is -2.06. The highest BCUT2D eigenvalue weighted by molar-refractivity contribution is 5.92. The highest BCUT2D eigenvalue weighted by Gasteiger charge is 2.20. The molecule has 1 aliphatic carbocycles. The number of amides is 1. The number of nitrogens with one attached hydrogen (secondary N) is 2. The third-order valence-electron chi connectivity index (χ3n) is 3.03. The van der Waals surface area contributed by atoms with Crippen LogP contribution in [0.4, 0.5) is 5.69 Å². The number of carboxylic acids is 1. The van der Waals surface area contributed by atoms with Crippen molar-refractivity contribution in [3.05, 3.63) is 35.9 Å². The van der Waals surface area contributed by atoms with Crippen LogP contribution in [0.1, 0.15) is 18.4 Å². The number of hydrogen-bond donors (Lipinski definition) is 3. The number of carboxylic acid groups (broad SMARTS) is 1. The molecule has 1 fully saturated rings. The van der Waals surface area contributed by atoms with Gasteiger partial charge in [0.2, 0.25) is 5.91 Å². The van der Waals surface area contributed by atoms with Crippen molar-refractivity contribution in [1.82, 2.24) is 5.32 Å². The van der Waals surface area contributed by atoms with Gasteiger partial charge in [-0.3, -0.25) is 4.79 Å². The second kappa shape index (κ2) is 6.86. The third kappa shape index (κ3) is 5.24. The van der Waals surface area contributed by atoms with E-state index in [2.05, 4.69) is 10.6 Å². The summed E-state index contributed by atoms with van der Waals surface area (Å²) in [7, 11) is 0. The van der Waals surface area contributed by atoms with Gasteiger partial charge in [0.25, 0.3) is 0 Å². The Labute approximate surface area is 117 Å². The largest absolute Gasteiger partial charge is 0.478 e. The second-order valence-electron chi connectivity index (χ2n) is 4.92. The summed E-state index contributed by atoms with van der Waals surface area (Å²) in [6.07, 6.45) is 5.11. The molecule has 0 saturated heterocycles. The Morgan fingerprint density at radius 3 is 2.55 bits per heavy atom. The number of benzene rings is 1. The van der Waals surface area contributed by atoms with Crippen LogP contribution in [0.25, 0.3) is 6.08 Å². The maximum absolute atomic E-state index is 11.6. The van der Waals surface area contributed by atoms with Crippen molar-refractivity contribution < 1.29 is 14.7 Å². The van der Waals surface area contributed by atoms with Crippen LogP contribution in [0.3, 0.4) is 0 Å². The molecule has 3 N–H and O–H groups in total. The van der Waals surface area contributed by atoms with Gasteiger partial charge in [-0.15, -0.1) is 0 Å². The summed E-state index contributed by atoms with van der Waals surface area (Å²) in [5.41, 5.74) is 1.48. The van der Waals surface area contributed by atoms with Gasteiger partial charge in [-0.25, -0.2) is 4.79 Å². The van der Waals surface area contributed by atoms with E-state index >= 15 is 0 Å². The van der Waals surface area contributed by atoms with Gasteiger partial charge in [0.15, 0.2) is 0 Å². The maximum Gasteiger partial charge on any atom is 0.328 e. The number of carbonyl (C=O) groups excluding carboxylic acids is 1. The topological polar surface area (TPSA) is 78.4 Å². The van der Waals surface area contributed by atoms with Crippen LogP contribution < -0.4 is 10.6 Å². The zero-order valence-corrected chi connectivity index (χ0v) is 11.1. The van der Waals surface area contributed by atoms with Gasteiger partial charge in [0.05, 0.1) is 6.54 Å². The van der Waals surface area contributed by atoms with Crippen molar-refractivity contribution in [3.8, 4) is 0 Å². The van der Waals surface area contributed by atoms with E-state index in [1.54, 1.807) is 24.3 Å². The Kier molecular flexibility index (Phi) is 4.90. The molecule has 0 radical (unpaired) electrons. The fourth-order valence-corrected chi connectivity index (χ4v) is 1.76. The fraction of sp³-hybridized carbons (Fsp3) is 0.333. The monoisotopic (exact) mass is 274 g/mol. The third-order valence-corrected chi connectivity index (χ3v) is 3.03. The van der Waals surface area contributed by atoms with E-state index in [-0.39, 0.29) is 5.91 Å². The van der Waals surface area contributed by atoms with Crippen molar-refractivity contribution in [3.63, 3.8) is 0 Å². The van der Waals surface area contributed by atoms with Crippen molar-refractivity contribution in [2.24, 2.45) is 5.92 Å². The molecule has 1 aromatic rings. The molecule has 106 valence electrons. The average Bonchev–Trinajstić information content (AvgIpc) is 3.22. The molecule has 1 saturated carbocycles. The zero-order chi connectivity index (χ0) is 14.4. The average molecular weight is 274 g/mol. The van der Waals surface area contributed by atoms with Crippen molar-refractivity contribution in [2.45, 2.75) is 12.8 Å². The van der Waals surface area contributed by atoms with E-state index in [9.17, 15) is 9.59 Å². The first-order chi connectivity index (χ1) is 9.63. The number of hydrogen-bond acceptors (Lipinski definition) is 3. The molecule has 20 heavy (non-hydrogen) atoms. The fourth-order valence-electron chi connectivity index (χ4n) is 1.76. The molecular formula is C15H18N2O3. The van der Waals surface area contributed by atoms with Crippen LogP contribution in [0.5, 0.6) is 0 Å². The highest BCUT2D eigenvalue weighted by atomic mass is 16.4. The minimum atomic E-state index is -0.982. The predicted octanol–water partition coefficient (Wildman–Crippen LogP) is 1.72. The van der Waals surface area contributed by atoms with Crippen molar-refractivity contribution >= 4 is 23.6 Å². The summed E-state index contributed by atoms with van der Waals surface area (Å²) in [5.74, 6) is -0.299. The Hall–Kier alpha value is -2.14. The molecule has 5 heteroatoms. The van der Waals surface area contributed by atoms with Crippen LogP contribution in [-0.4, -0.2) is 30.1 Å². The smallest absolute Gasteiger partial charge is 0.328 e. The van der Waals surface area contributed by atoms with Gasteiger partial charge in [-0.2, -0.15) is 0 Å². The molecule has 0 unspecified atom stereocenters. The maximum atomic E-state index is 11.6. The van der Waals surface area contributed by atoms with Gasteiger partial charge in [0, 0.05) is 11.8 Å². The number of aliphatic carboxylic acids is 1. The first-order valence-electron chi connectivity index (χ1n) is 6.65. The first kappa shape index (κ1) is 14.3. The standard InChI is InChI=1S/C15H18N2O3/c18-14(10-16-9-12-1-2-12)17-13-6-3-11(4-7-13)5-8-15(19)20/h3-8,12,16H,1-2,9-10H2,(H,17,18)(H,19,20)/b8-5+. The number of carbonyl (C=O) groups is 2. The SMILES string of the molecule is O=C(O)/C=C/c1ccc(NC(=O)CNCC2CC2)cc1. The summed E-state index contributed by atoms with van der Waals surface area (Å²) in [6.45, 7) is 1.23. The number of rotatable bonds is 7. The minimum absolute atomic E-state index is 0.0699. The molecule has 1 aromatic carbocycles. The van der Waals surface area contributed by atoms with E-state index in [4.69, 9.17) is 5.11 Å². The summed E-state index contributed by atoms with van der Waals surface area (Å²) in [5, 5.41) is 14.4. The summed E-state index contributed by atoms with van der Waals surface area (Å²) < 4.78 is 0. The van der Waals surface area contributed by atoms with E-state index in [0.717, 1.165) is 24.1 Å². The molecule has 0 heterocycles. The quantitative estimate of drug-likeness (QED) is 0.662. The van der Waals surface area contributed by atoms with Crippen LogP contribution in [-0.2, 0) is 9.59 Å². The molecule has 0 aromatic heterocycles. The summed E-state index contributed by atoms with van der Waals surface area (Å²) in [4.78, 5) is 22.0. The molecule has 0 bridgehead atoms. The van der Waals surface area contributed by atoms with E-state index in [1.807, 2.05) is 0 Å². The molecule has 1 amide bonds. The van der Waals surface area contributed by atoms with Gasteiger partial charge in [-0.05, 0) is 49.1 Å². The minimum Gasteiger partial charge on any atom is -0.478 e. The van der Waals surface area contributed by atoms with E-state index in [1.165, 1.54) is 18.9 Å². The molecule has 0 spiro atoms. The van der Waals surface area contributed by atoms with Gasteiger partial charge in [0.1, 0.15) is 0 Å². The van der Waals surface area contributed by atoms with Crippen LogP contribution in [0.15, 0.2) is 30.3 Å². The summed E-state index contributed by atoms with van der Waals surface area (Å²) in [6, 6.07) is 7.01. The van der Waals surface area contributed by atoms with Crippen LogP contribution in [0.2, 0.25) is 0 Å². The van der Waals surface area contributed by atoms with E-state index in [0.29, 0.717) is 12.2 Å². The van der Waals surface area contributed by atoms with Gasteiger partial charge in [-0.1, -0.05) is 12.1 Å². The number of anilines is 1. The lowest BCUT2D eigenvalue weighted by Crippen LogP contribution is -2.29. The first-order valence-corrected chi connectivity index (χ1v) is 6.65. The predicted molar refractivity (Wildman–Crippen MR) is 77.3 cm³/mol. The second-order valence-corrected chi connectivity index (χ2v) is 4.92.